The number of para-hydroxylation sites is 1. The first-order valence-electron chi connectivity index (χ1n) is 8.23. The highest BCUT2D eigenvalue weighted by atomic mass is 35.5. The summed E-state index contributed by atoms with van der Waals surface area (Å²) in [6, 6.07) is 9.57. The standard InChI is InChI=1S/C18H15ClF2N2O2S2/c19-13-7-12(20)6-5-11(13)8-26-18-22-15-9-27(24,25)10-17(15)23(18)16-4-2-1-3-14(16)21/h1-7,15,17H,8-10H2/t15-,17+/m0/s1. The van der Waals surface area contributed by atoms with Crippen molar-refractivity contribution in [1.82, 2.24) is 0 Å². The molecular weight excluding hydrogens is 414 g/mol. The molecule has 0 bridgehead atoms. The van der Waals surface area contributed by atoms with Gasteiger partial charge in [-0.3, -0.25) is 4.99 Å². The van der Waals surface area contributed by atoms with Crippen molar-refractivity contribution in [3.8, 4) is 0 Å². The number of amidine groups is 1. The number of rotatable bonds is 3. The fourth-order valence-electron chi connectivity index (χ4n) is 3.34. The number of nitrogens with zero attached hydrogens (tertiary/aromatic N) is 2. The zero-order chi connectivity index (χ0) is 19.2. The summed E-state index contributed by atoms with van der Waals surface area (Å²) in [5.41, 5.74) is 1.03. The van der Waals surface area contributed by atoms with E-state index in [1.807, 2.05) is 0 Å². The van der Waals surface area contributed by atoms with Gasteiger partial charge in [0.1, 0.15) is 11.6 Å². The first kappa shape index (κ1) is 18.7. The van der Waals surface area contributed by atoms with Crippen molar-refractivity contribution in [2.75, 3.05) is 16.4 Å². The summed E-state index contributed by atoms with van der Waals surface area (Å²) in [6.07, 6.45) is 0. The Labute approximate surface area is 165 Å². The lowest BCUT2D eigenvalue weighted by Crippen LogP contribution is -2.39. The minimum atomic E-state index is -3.20. The molecule has 2 aromatic carbocycles. The normalized spacial score (nSPS) is 23.4. The predicted molar refractivity (Wildman–Crippen MR) is 105 cm³/mol. The molecule has 0 radical (unpaired) electrons. The van der Waals surface area contributed by atoms with Crippen LogP contribution in [0.4, 0.5) is 14.5 Å². The zero-order valence-electron chi connectivity index (χ0n) is 14.0. The molecule has 2 aromatic rings. The van der Waals surface area contributed by atoms with Gasteiger partial charge in [-0.2, -0.15) is 0 Å². The quantitative estimate of drug-likeness (QED) is 0.744. The first-order chi connectivity index (χ1) is 12.8. The lowest BCUT2D eigenvalue weighted by molar-refractivity contribution is 0.600. The van der Waals surface area contributed by atoms with Crippen molar-refractivity contribution in [3.05, 3.63) is 64.7 Å². The van der Waals surface area contributed by atoms with Gasteiger partial charge in [-0.25, -0.2) is 17.2 Å². The number of fused-ring (bicyclic) bond motifs is 1. The number of hydrogen-bond acceptors (Lipinski definition) is 5. The van der Waals surface area contributed by atoms with Crippen LogP contribution >= 0.6 is 23.4 Å². The van der Waals surface area contributed by atoms with Crippen molar-refractivity contribution < 1.29 is 17.2 Å². The van der Waals surface area contributed by atoms with E-state index in [0.717, 1.165) is 5.56 Å². The van der Waals surface area contributed by atoms with Gasteiger partial charge in [0.25, 0.3) is 0 Å². The molecule has 142 valence electrons. The third-order valence-corrected chi connectivity index (χ3v) is 7.66. The molecule has 2 heterocycles. The number of anilines is 1. The van der Waals surface area contributed by atoms with E-state index in [4.69, 9.17) is 11.6 Å². The Balaban J connectivity index is 1.64. The van der Waals surface area contributed by atoms with Crippen LogP contribution < -0.4 is 4.90 Å². The third kappa shape index (κ3) is 3.70. The molecule has 0 unspecified atom stereocenters. The zero-order valence-corrected chi connectivity index (χ0v) is 16.4. The predicted octanol–water partition coefficient (Wildman–Crippen LogP) is 3.89. The van der Waals surface area contributed by atoms with Gasteiger partial charge >= 0.3 is 0 Å². The maximum atomic E-state index is 14.4. The smallest absolute Gasteiger partial charge is 0.164 e. The van der Waals surface area contributed by atoms with Gasteiger partial charge in [0, 0.05) is 10.8 Å². The summed E-state index contributed by atoms with van der Waals surface area (Å²) >= 11 is 7.41. The molecule has 2 aliphatic heterocycles. The van der Waals surface area contributed by atoms with E-state index in [2.05, 4.69) is 4.99 Å². The summed E-state index contributed by atoms with van der Waals surface area (Å²) in [5.74, 6) is -0.536. The van der Waals surface area contributed by atoms with Gasteiger partial charge in [0.15, 0.2) is 15.0 Å². The molecule has 9 heteroatoms. The fourth-order valence-corrected chi connectivity index (χ4v) is 6.62. The molecule has 0 aromatic heterocycles. The average Bonchev–Trinajstić information content (AvgIpc) is 3.06. The monoisotopic (exact) mass is 428 g/mol. The molecule has 0 aliphatic carbocycles. The number of hydrogen-bond donors (Lipinski definition) is 0. The van der Waals surface area contributed by atoms with Crippen LogP contribution in [0.1, 0.15) is 5.56 Å². The van der Waals surface area contributed by atoms with Crippen LogP contribution in [0.5, 0.6) is 0 Å². The van der Waals surface area contributed by atoms with Crippen LogP contribution in [0.15, 0.2) is 47.5 Å². The Morgan fingerprint density at radius 1 is 1.19 bits per heavy atom. The van der Waals surface area contributed by atoms with E-state index < -0.39 is 33.6 Å². The Hall–Kier alpha value is -1.64. The van der Waals surface area contributed by atoms with E-state index in [9.17, 15) is 17.2 Å². The van der Waals surface area contributed by atoms with Crippen molar-refractivity contribution in [2.45, 2.75) is 17.8 Å². The molecule has 0 N–H and O–H groups in total. The fraction of sp³-hybridized carbons (Fsp3) is 0.278. The number of aliphatic imine (C=N–C) groups is 1. The topological polar surface area (TPSA) is 49.7 Å². The van der Waals surface area contributed by atoms with Crippen LogP contribution in [0.3, 0.4) is 0 Å². The third-order valence-electron chi connectivity index (χ3n) is 4.59. The second-order valence-corrected chi connectivity index (χ2v) is 9.97. The summed E-state index contributed by atoms with van der Waals surface area (Å²) in [5, 5.41) is 0.853. The summed E-state index contributed by atoms with van der Waals surface area (Å²) in [6.45, 7) is 0. The molecular formula is C18H15ClF2N2O2S2. The second kappa shape index (κ2) is 7.07. The van der Waals surface area contributed by atoms with E-state index in [1.54, 1.807) is 29.2 Å². The molecule has 4 nitrogen and oxygen atoms in total. The number of thioether (sulfide) groups is 1. The highest BCUT2D eigenvalue weighted by Gasteiger charge is 2.47. The van der Waals surface area contributed by atoms with E-state index in [1.165, 1.54) is 30.0 Å². The van der Waals surface area contributed by atoms with Crippen LogP contribution in [0, 0.1) is 11.6 Å². The Bertz CT molecular complexity index is 1030. The Kier molecular flexibility index (Phi) is 4.90. The van der Waals surface area contributed by atoms with Crippen LogP contribution in [-0.2, 0) is 15.6 Å². The van der Waals surface area contributed by atoms with Crippen molar-refractivity contribution in [1.29, 1.82) is 0 Å². The minimum Gasteiger partial charge on any atom is -0.312 e. The van der Waals surface area contributed by atoms with Crippen molar-refractivity contribution in [3.63, 3.8) is 0 Å². The van der Waals surface area contributed by atoms with Crippen LogP contribution in [-0.4, -0.2) is 37.2 Å². The minimum absolute atomic E-state index is 0.0377. The molecule has 0 saturated carbocycles. The van der Waals surface area contributed by atoms with Gasteiger partial charge in [-0.05, 0) is 29.8 Å². The number of benzene rings is 2. The molecule has 0 amide bonds. The van der Waals surface area contributed by atoms with Crippen molar-refractivity contribution >= 4 is 44.1 Å². The van der Waals surface area contributed by atoms with Gasteiger partial charge in [0.2, 0.25) is 0 Å². The maximum Gasteiger partial charge on any atom is 0.164 e. The molecule has 1 fully saturated rings. The highest BCUT2D eigenvalue weighted by molar-refractivity contribution is 8.13. The second-order valence-electron chi connectivity index (χ2n) is 6.47. The van der Waals surface area contributed by atoms with E-state index >= 15 is 0 Å². The molecule has 1 saturated heterocycles. The molecule has 2 atom stereocenters. The summed E-state index contributed by atoms with van der Waals surface area (Å²) < 4.78 is 51.7. The summed E-state index contributed by atoms with van der Waals surface area (Å²) in [4.78, 5) is 6.22. The van der Waals surface area contributed by atoms with Crippen molar-refractivity contribution in [2.24, 2.45) is 4.99 Å². The lowest BCUT2D eigenvalue weighted by atomic mass is 10.1. The molecule has 2 aliphatic rings. The number of sulfone groups is 1. The Morgan fingerprint density at radius 2 is 1.96 bits per heavy atom. The molecule has 27 heavy (non-hydrogen) atoms. The SMILES string of the molecule is O=S1(=O)C[C@@H]2N=C(SCc3ccc(F)cc3Cl)N(c3ccccc3F)[C@@H]2C1. The first-order valence-corrected chi connectivity index (χ1v) is 11.4. The molecule has 0 spiro atoms. The van der Waals surface area contributed by atoms with Gasteiger partial charge < -0.3 is 4.90 Å². The van der Waals surface area contributed by atoms with Crippen LogP contribution in [0.25, 0.3) is 0 Å². The van der Waals surface area contributed by atoms with Gasteiger partial charge in [0.05, 0.1) is 29.3 Å². The van der Waals surface area contributed by atoms with Gasteiger partial charge in [-0.15, -0.1) is 0 Å². The highest BCUT2D eigenvalue weighted by Crippen LogP contribution is 2.37. The average molecular weight is 429 g/mol. The van der Waals surface area contributed by atoms with E-state index in [0.29, 0.717) is 21.6 Å². The Morgan fingerprint density at radius 3 is 2.70 bits per heavy atom. The lowest BCUT2D eigenvalue weighted by Gasteiger charge is -2.26. The number of halogens is 3. The summed E-state index contributed by atoms with van der Waals surface area (Å²) in [7, 11) is -3.20. The maximum absolute atomic E-state index is 14.4. The van der Waals surface area contributed by atoms with E-state index in [-0.39, 0.29) is 11.5 Å². The van der Waals surface area contributed by atoms with Crippen LogP contribution in [0.2, 0.25) is 5.02 Å². The van der Waals surface area contributed by atoms with Gasteiger partial charge in [-0.1, -0.05) is 41.6 Å². The molecule has 4 rings (SSSR count). The largest absolute Gasteiger partial charge is 0.312 e.